The van der Waals surface area contributed by atoms with Crippen LogP contribution in [0.4, 0.5) is 4.39 Å². The fourth-order valence-electron chi connectivity index (χ4n) is 6.10. The Morgan fingerprint density at radius 3 is 2.62 bits per heavy atom. The van der Waals surface area contributed by atoms with Gasteiger partial charge in [0.2, 0.25) is 11.8 Å². The first-order chi connectivity index (χ1) is 22.7. The van der Waals surface area contributed by atoms with Crippen LogP contribution in [0.3, 0.4) is 0 Å². The van der Waals surface area contributed by atoms with Gasteiger partial charge in [0.1, 0.15) is 30.5 Å². The lowest BCUT2D eigenvalue weighted by Gasteiger charge is -2.35. The maximum absolute atomic E-state index is 14.5. The van der Waals surface area contributed by atoms with Gasteiger partial charge < -0.3 is 35.8 Å². The molecule has 2 aliphatic heterocycles. The second-order valence-electron chi connectivity index (χ2n) is 13.9. The first-order valence-electron chi connectivity index (χ1n) is 16.3. The van der Waals surface area contributed by atoms with Crippen LogP contribution in [-0.2, 0) is 25.7 Å². The molecule has 15 heteroatoms. The summed E-state index contributed by atoms with van der Waals surface area (Å²) >= 11 is 1.49. The number of amides is 3. The molecular formula is C33H45FN6O7S. The Balaban J connectivity index is 1.29. The number of aliphatic hydroxyl groups is 1. The van der Waals surface area contributed by atoms with Gasteiger partial charge in [0.05, 0.1) is 22.2 Å². The summed E-state index contributed by atoms with van der Waals surface area (Å²) in [5.74, 6) is -2.27. The number of halogens is 1. The van der Waals surface area contributed by atoms with Gasteiger partial charge in [-0.25, -0.2) is 9.37 Å². The summed E-state index contributed by atoms with van der Waals surface area (Å²) in [6, 6.07) is 2.87. The van der Waals surface area contributed by atoms with Gasteiger partial charge in [0.15, 0.2) is 5.67 Å². The molecule has 0 spiro atoms. The van der Waals surface area contributed by atoms with E-state index in [1.54, 1.807) is 26.3 Å². The zero-order chi connectivity index (χ0) is 34.8. The Bertz CT molecular complexity index is 1530. The number of ether oxygens (including phenoxy) is 1. The third kappa shape index (κ3) is 8.13. The van der Waals surface area contributed by atoms with Crippen molar-refractivity contribution in [2.75, 3.05) is 39.3 Å². The largest absolute Gasteiger partial charge is 0.492 e. The zero-order valence-electron chi connectivity index (χ0n) is 27.8. The molecule has 262 valence electrons. The second kappa shape index (κ2) is 14.4. The average molecular weight is 689 g/mol. The Hall–Kier alpha value is -3.66. The van der Waals surface area contributed by atoms with Crippen LogP contribution in [0.25, 0.3) is 10.4 Å². The molecule has 1 aromatic heterocycles. The van der Waals surface area contributed by atoms with E-state index in [1.165, 1.54) is 16.2 Å². The van der Waals surface area contributed by atoms with Crippen molar-refractivity contribution in [3.8, 4) is 16.2 Å². The molecular weight excluding hydrogens is 643 g/mol. The number of aryl methyl sites for hydroxylation is 1. The number of β-amino-alcohol motifs (C(OH)–C–C–N with tert-alkyl or cyclic N) is 1. The molecule has 13 nitrogen and oxygen atoms in total. The lowest BCUT2D eigenvalue weighted by molar-refractivity contribution is -0.145. The van der Waals surface area contributed by atoms with E-state index >= 15 is 0 Å². The number of nitrogens with zero attached hydrogens (tertiary/aromatic N) is 3. The molecule has 1 aromatic carbocycles. The van der Waals surface area contributed by atoms with Gasteiger partial charge in [-0.05, 0) is 36.8 Å². The first-order valence-corrected chi connectivity index (χ1v) is 17.2. The predicted octanol–water partition coefficient (Wildman–Crippen LogP) is 1.47. The summed E-state index contributed by atoms with van der Waals surface area (Å²) in [6.07, 6.45) is -0.728. The average Bonchev–Trinajstić information content (AvgIpc) is 3.44. The SMILES string of the molecule is Cc1ncsc1-c1ccc(CNC(=O)[C@@H]2C[C@@H](O)CN2C(=O)[C@@H](NC(=O)C2(F)CC2)C(C)(C)C)c(OCCN2CCNC[C@H]2C(=O)O)c1. The molecule has 5 N–H and O–H groups in total. The molecule has 0 unspecified atom stereocenters. The van der Waals surface area contributed by atoms with Crippen LogP contribution in [-0.4, -0.2) is 118 Å². The van der Waals surface area contributed by atoms with Crippen molar-refractivity contribution in [2.24, 2.45) is 5.41 Å². The number of carboxylic acids is 1. The van der Waals surface area contributed by atoms with Gasteiger partial charge >= 0.3 is 5.97 Å². The molecule has 0 radical (unpaired) electrons. The van der Waals surface area contributed by atoms with E-state index in [2.05, 4.69) is 20.9 Å². The van der Waals surface area contributed by atoms with Gasteiger partial charge in [-0.3, -0.25) is 24.1 Å². The van der Waals surface area contributed by atoms with Crippen molar-refractivity contribution in [3.05, 3.63) is 35.0 Å². The van der Waals surface area contributed by atoms with Gasteiger partial charge in [-0.15, -0.1) is 11.3 Å². The summed E-state index contributed by atoms with van der Waals surface area (Å²) in [6.45, 7) is 9.32. The number of piperazine rings is 1. The quantitative estimate of drug-likeness (QED) is 0.220. The molecule has 3 amide bonds. The van der Waals surface area contributed by atoms with Crippen LogP contribution in [0.15, 0.2) is 23.7 Å². The van der Waals surface area contributed by atoms with Gasteiger partial charge in [-0.2, -0.15) is 0 Å². The van der Waals surface area contributed by atoms with Crippen molar-refractivity contribution in [2.45, 2.75) is 83.4 Å². The van der Waals surface area contributed by atoms with Crippen LogP contribution >= 0.6 is 11.3 Å². The number of carboxylic acid groups (broad SMARTS) is 1. The number of carbonyl (C=O) groups excluding carboxylic acids is 3. The number of carbonyl (C=O) groups is 4. The Labute approximate surface area is 283 Å². The normalized spacial score (nSPS) is 23.0. The number of aliphatic carboxylic acids is 1. The molecule has 0 bridgehead atoms. The van der Waals surface area contributed by atoms with Crippen molar-refractivity contribution < 1.29 is 38.5 Å². The van der Waals surface area contributed by atoms with Crippen molar-refractivity contribution in [1.82, 2.24) is 30.7 Å². The maximum atomic E-state index is 14.5. The number of likely N-dealkylation sites (tertiary alicyclic amines) is 1. The minimum Gasteiger partial charge on any atom is -0.492 e. The number of hydrogen-bond donors (Lipinski definition) is 5. The van der Waals surface area contributed by atoms with Gasteiger partial charge in [-0.1, -0.05) is 32.9 Å². The minimum atomic E-state index is -1.97. The second-order valence-corrected chi connectivity index (χ2v) is 14.7. The highest BCUT2D eigenvalue weighted by molar-refractivity contribution is 7.13. The summed E-state index contributed by atoms with van der Waals surface area (Å²) in [5.41, 5.74) is 1.42. The highest BCUT2D eigenvalue weighted by Gasteiger charge is 2.53. The van der Waals surface area contributed by atoms with Crippen molar-refractivity contribution in [1.29, 1.82) is 0 Å². The molecule has 1 aliphatic carbocycles. The summed E-state index contributed by atoms with van der Waals surface area (Å²) in [7, 11) is 0. The highest BCUT2D eigenvalue weighted by Crippen LogP contribution is 2.40. The smallest absolute Gasteiger partial charge is 0.322 e. The summed E-state index contributed by atoms with van der Waals surface area (Å²) < 4.78 is 20.7. The third-order valence-corrected chi connectivity index (χ3v) is 10.1. The van der Waals surface area contributed by atoms with E-state index in [9.17, 15) is 33.8 Å². The van der Waals surface area contributed by atoms with Gasteiger partial charge in [0, 0.05) is 51.3 Å². The molecule has 3 heterocycles. The van der Waals surface area contributed by atoms with E-state index in [1.807, 2.05) is 30.0 Å². The first kappa shape index (κ1) is 35.6. The molecule has 2 aromatic rings. The van der Waals surface area contributed by atoms with Crippen LogP contribution in [0.2, 0.25) is 0 Å². The molecule has 48 heavy (non-hydrogen) atoms. The lowest BCUT2D eigenvalue weighted by Crippen LogP contribution is -2.59. The van der Waals surface area contributed by atoms with Crippen molar-refractivity contribution >= 4 is 35.0 Å². The number of alkyl halides is 1. The van der Waals surface area contributed by atoms with Crippen LogP contribution < -0.4 is 20.7 Å². The van der Waals surface area contributed by atoms with Crippen molar-refractivity contribution in [3.63, 3.8) is 0 Å². The van der Waals surface area contributed by atoms with Crippen LogP contribution in [0, 0.1) is 12.3 Å². The number of thiazole rings is 1. The molecule has 5 rings (SSSR count). The lowest BCUT2D eigenvalue weighted by atomic mass is 9.85. The molecule has 3 aliphatic rings. The highest BCUT2D eigenvalue weighted by atomic mass is 32.1. The Morgan fingerprint density at radius 2 is 1.98 bits per heavy atom. The number of hydrogen-bond acceptors (Lipinski definition) is 10. The Kier molecular flexibility index (Phi) is 10.7. The zero-order valence-corrected chi connectivity index (χ0v) is 28.6. The van der Waals surface area contributed by atoms with Crippen LogP contribution in [0.1, 0.15) is 51.3 Å². The molecule has 3 fully saturated rings. The fraction of sp³-hybridized carbons (Fsp3) is 0.606. The van der Waals surface area contributed by atoms with E-state index in [4.69, 9.17) is 4.74 Å². The maximum Gasteiger partial charge on any atom is 0.322 e. The Morgan fingerprint density at radius 1 is 1.23 bits per heavy atom. The molecule has 1 saturated carbocycles. The van der Waals surface area contributed by atoms with Gasteiger partial charge in [0.25, 0.3) is 5.91 Å². The number of benzene rings is 1. The topological polar surface area (TPSA) is 173 Å². The number of nitrogens with one attached hydrogen (secondary N) is 3. The fourth-order valence-corrected chi connectivity index (χ4v) is 6.91. The van der Waals surface area contributed by atoms with E-state index in [-0.39, 0.29) is 39.0 Å². The third-order valence-electron chi connectivity index (χ3n) is 9.15. The number of rotatable bonds is 12. The van der Waals surface area contributed by atoms with E-state index in [0.717, 1.165) is 16.1 Å². The molecule has 2 saturated heterocycles. The predicted molar refractivity (Wildman–Crippen MR) is 176 cm³/mol. The standard InChI is InChI=1S/C33H45FN6O7S/c1-19-26(48-18-37-19)20-5-6-21(25(13-20)47-12-11-39-10-9-35-16-24(39)30(44)45)15-36-28(42)23-14-22(41)17-40(23)29(43)27(32(2,3)4)38-31(46)33(34)7-8-33/h5-6,13,18,22-24,27,35,41H,7-12,14-17H2,1-4H3,(H,36,42)(H,38,46)(H,44,45)/t22-,23+,24+,27-/m1/s1. The van der Waals surface area contributed by atoms with E-state index in [0.29, 0.717) is 37.5 Å². The monoisotopic (exact) mass is 688 g/mol. The molecule has 4 atom stereocenters. The summed E-state index contributed by atoms with van der Waals surface area (Å²) in [5, 5.41) is 28.7. The van der Waals surface area contributed by atoms with E-state index < -0.39 is 59.0 Å². The van der Waals surface area contributed by atoms with Crippen LogP contribution in [0.5, 0.6) is 5.75 Å². The number of aliphatic hydroxyl groups excluding tert-OH is 1. The summed E-state index contributed by atoms with van der Waals surface area (Å²) in [4.78, 5) is 60.1. The number of aromatic nitrogens is 1. The minimum absolute atomic E-state index is 0.0117.